The summed E-state index contributed by atoms with van der Waals surface area (Å²) in [6.07, 6.45) is 7.42. The van der Waals surface area contributed by atoms with Crippen molar-refractivity contribution >= 4 is 5.91 Å². The minimum atomic E-state index is 0.276. The van der Waals surface area contributed by atoms with Gasteiger partial charge in [0.25, 0.3) is 0 Å². The van der Waals surface area contributed by atoms with Gasteiger partial charge in [0.2, 0.25) is 5.91 Å². The maximum atomic E-state index is 11.2. The van der Waals surface area contributed by atoms with E-state index < -0.39 is 0 Å². The Labute approximate surface area is 79.5 Å². The lowest BCUT2D eigenvalue weighted by atomic mass is 10.0. The van der Waals surface area contributed by atoms with Crippen LogP contribution in [0.1, 0.15) is 38.5 Å². The molecule has 0 bridgehead atoms. The third-order valence-electron chi connectivity index (χ3n) is 3.18. The summed E-state index contributed by atoms with van der Waals surface area (Å²) in [5, 5.41) is 1.80. The van der Waals surface area contributed by atoms with Crippen molar-refractivity contribution in [3.63, 3.8) is 0 Å². The van der Waals surface area contributed by atoms with Crippen LogP contribution in [0.2, 0.25) is 0 Å². The van der Waals surface area contributed by atoms with Gasteiger partial charge in [0, 0.05) is 19.5 Å². The zero-order chi connectivity index (χ0) is 9.10. The summed E-state index contributed by atoms with van der Waals surface area (Å²) in [6.45, 7) is 1.76. The molecule has 1 heterocycles. The number of rotatable bonds is 3. The van der Waals surface area contributed by atoms with Gasteiger partial charge in [-0.1, -0.05) is 25.7 Å². The van der Waals surface area contributed by atoms with E-state index in [-0.39, 0.29) is 5.91 Å². The summed E-state index contributed by atoms with van der Waals surface area (Å²) < 4.78 is 0. The molecule has 0 aromatic rings. The third kappa shape index (κ3) is 2.21. The van der Waals surface area contributed by atoms with E-state index in [1.54, 1.807) is 5.01 Å². The fourth-order valence-electron chi connectivity index (χ4n) is 2.34. The fourth-order valence-corrected chi connectivity index (χ4v) is 2.34. The lowest BCUT2D eigenvalue weighted by Gasteiger charge is -2.17. The van der Waals surface area contributed by atoms with Crippen LogP contribution in [0.5, 0.6) is 0 Å². The highest BCUT2D eigenvalue weighted by molar-refractivity contribution is 5.77. The number of hydrogen-bond donors (Lipinski definition) is 1. The van der Waals surface area contributed by atoms with Crippen LogP contribution in [0.15, 0.2) is 0 Å². The van der Waals surface area contributed by atoms with Gasteiger partial charge in [0.1, 0.15) is 0 Å². The number of hydrogen-bond acceptors (Lipinski definition) is 2. The number of carbonyl (C=O) groups is 1. The maximum Gasteiger partial charge on any atom is 0.238 e. The molecule has 74 valence electrons. The molecule has 1 saturated carbocycles. The Kier molecular flexibility index (Phi) is 2.83. The van der Waals surface area contributed by atoms with E-state index in [1.807, 2.05) is 0 Å². The van der Waals surface area contributed by atoms with E-state index in [2.05, 4.69) is 5.43 Å². The smallest absolute Gasteiger partial charge is 0.238 e. The summed E-state index contributed by atoms with van der Waals surface area (Å²) in [5.74, 6) is 1.16. The third-order valence-corrected chi connectivity index (χ3v) is 3.18. The van der Waals surface area contributed by atoms with Crippen LogP contribution in [0, 0.1) is 5.92 Å². The van der Waals surface area contributed by atoms with Crippen LogP contribution in [-0.4, -0.2) is 24.0 Å². The van der Waals surface area contributed by atoms with Crippen molar-refractivity contribution in [1.82, 2.24) is 10.4 Å². The van der Waals surface area contributed by atoms with Gasteiger partial charge < -0.3 is 0 Å². The molecule has 3 heteroatoms. The van der Waals surface area contributed by atoms with Crippen molar-refractivity contribution in [3.05, 3.63) is 0 Å². The molecule has 1 aliphatic carbocycles. The molecule has 3 nitrogen and oxygen atoms in total. The zero-order valence-electron chi connectivity index (χ0n) is 8.09. The monoisotopic (exact) mass is 182 g/mol. The highest BCUT2D eigenvalue weighted by Gasteiger charge is 2.21. The first-order valence-electron chi connectivity index (χ1n) is 5.40. The number of amides is 1. The molecule has 2 rings (SSSR count). The molecule has 0 spiro atoms. The van der Waals surface area contributed by atoms with Gasteiger partial charge in [-0.05, 0) is 12.3 Å². The fraction of sp³-hybridized carbons (Fsp3) is 0.900. The summed E-state index contributed by atoms with van der Waals surface area (Å²) in [7, 11) is 0. The Morgan fingerprint density at radius 2 is 2.15 bits per heavy atom. The van der Waals surface area contributed by atoms with Gasteiger partial charge in [-0.15, -0.1) is 0 Å². The van der Waals surface area contributed by atoms with Crippen LogP contribution >= 0.6 is 0 Å². The number of nitrogens with one attached hydrogen (secondary N) is 1. The minimum Gasteiger partial charge on any atom is -0.278 e. The first-order chi connectivity index (χ1) is 6.36. The highest BCUT2D eigenvalue weighted by atomic mass is 16.2. The van der Waals surface area contributed by atoms with Gasteiger partial charge >= 0.3 is 0 Å². The molecule has 13 heavy (non-hydrogen) atoms. The lowest BCUT2D eigenvalue weighted by molar-refractivity contribution is -0.129. The second-order valence-electron chi connectivity index (χ2n) is 4.14. The predicted octanol–water partition coefficient (Wildman–Crippen LogP) is 1.30. The Morgan fingerprint density at radius 1 is 1.38 bits per heavy atom. The highest BCUT2D eigenvalue weighted by Crippen LogP contribution is 2.27. The molecule has 0 radical (unpaired) electrons. The first kappa shape index (κ1) is 9.00. The van der Waals surface area contributed by atoms with Crippen molar-refractivity contribution in [2.45, 2.75) is 38.5 Å². The second-order valence-corrected chi connectivity index (χ2v) is 4.14. The van der Waals surface area contributed by atoms with E-state index in [0.29, 0.717) is 6.42 Å². The summed E-state index contributed by atoms with van der Waals surface area (Å²) in [6, 6.07) is 0. The summed E-state index contributed by atoms with van der Waals surface area (Å²) in [4.78, 5) is 11.2. The maximum absolute atomic E-state index is 11.2. The topological polar surface area (TPSA) is 32.3 Å². The molecule has 0 aromatic heterocycles. The van der Waals surface area contributed by atoms with E-state index in [0.717, 1.165) is 19.0 Å². The van der Waals surface area contributed by atoms with E-state index in [4.69, 9.17) is 0 Å². The molecule has 0 unspecified atom stereocenters. The minimum absolute atomic E-state index is 0.276. The molecule has 1 aliphatic heterocycles. The Hall–Kier alpha value is -0.570. The molecule has 0 atom stereocenters. The molecule has 1 N–H and O–H groups in total. The van der Waals surface area contributed by atoms with Crippen LogP contribution in [0.3, 0.4) is 0 Å². The summed E-state index contributed by atoms with van der Waals surface area (Å²) in [5.41, 5.74) is 3.11. The molecule has 1 amide bonds. The van der Waals surface area contributed by atoms with Crippen molar-refractivity contribution in [3.8, 4) is 0 Å². The number of nitrogens with zero attached hydrogens (tertiary/aromatic N) is 1. The van der Waals surface area contributed by atoms with Gasteiger partial charge in [0.05, 0.1) is 0 Å². The quantitative estimate of drug-likeness (QED) is 0.713. The number of carbonyl (C=O) groups excluding carboxylic acids is 1. The Bertz CT molecular complexity index is 187. The standard InChI is InChI=1S/C10H18N2O/c13-10-5-7-11-12(10)8-6-9-3-1-2-4-9/h9,11H,1-8H2. The Balaban J connectivity index is 1.69. The normalized spacial score (nSPS) is 24.6. The first-order valence-corrected chi connectivity index (χ1v) is 5.40. The van der Waals surface area contributed by atoms with Gasteiger partial charge in [0.15, 0.2) is 0 Å². The lowest BCUT2D eigenvalue weighted by Crippen LogP contribution is -2.35. The largest absolute Gasteiger partial charge is 0.278 e. The van der Waals surface area contributed by atoms with Gasteiger partial charge in [-0.25, -0.2) is 5.43 Å². The van der Waals surface area contributed by atoms with Crippen molar-refractivity contribution < 1.29 is 4.79 Å². The molecule has 2 fully saturated rings. The second kappa shape index (κ2) is 4.09. The van der Waals surface area contributed by atoms with Crippen LogP contribution in [0.25, 0.3) is 0 Å². The van der Waals surface area contributed by atoms with E-state index in [1.165, 1.54) is 32.1 Å². The predicted molar refractivity (Wildman–Crippen MR) is 50.9 cm³/mol. The zero-order valence-corrected chi connectivity index (χ0v) is 8.09. The van der Waals surface area contributed by atoms with Crippen LogP contribution in [-0.2, 0) is 4.79 Å². The van der Waals surface area contributed by atoms with E-state index >= 15 is 0 Å². The SMILES string of the molecule is O=C1CCNN1CCC1CCCC1. The van der Waals surface area contributed by atoms with Crippen LogP contribution < -0.4 is 5.43 Å². The summed E-state index contributed by atoms with van der Waals surface area (Å²) >= 11 is 0. The Morgan fingerprint density at radius 3 is 2.77 bits per heavy atom. The van der Waals surface area contributed by atoms with Crippen molar-refractivity contribution in [2.24, 2.45) is 5.92 Å². The molecule has 0 aromatic carbocycles. The average Bonchev–Trinajstić information content (AvgIpc) is 2.72. The van der Waals surface area contributed by atoms with Crippen molar-refractivity contribution in [2.75, 3.05) is 13.1 Å². The number of hydrazine groups is 1. The molecule has 2 aliphatic rings. The molecular weight excluding hydrogens is 164 g/mol. The molecular formula is C10H18N2O. The average molecular weight is 182 g/mol. The van der Waals surface area contributed by atoms with E-state index in [9.17, 15) is 4.79 Å². The van der Waals surface area contributed by atoms with Gasteiger partial charge in [-0.2, -0.15) is 0 Å². The van der Waals surface area contributed by atoms with Crippen LogP contribution in [0.4, 0.5) is 0 Å². The molecule has 1 saturated heterocycles. The van der Waals surface area contributed by atoms with Gasteiger partial charge in [-0.3, -0.25) is 9.80 Å². The van der Waals surface area contributed by atoms with Crippen molar-refractivity contribution in [1.29, 1.82) is 0 Å².